The van der Waals surface area contributed by atoms with E-state index < -0.39 is 18.2 Å². The van der Waals surface area contributed by atoms with E-state index in [-0.39, 0.29) is 25.8 Å². The van der Waals surface area contributed by atoms with Gasteiger partial charge in [0.05, 0.1) is 40.6 Å². The summed E-state index contributed by atoms with van der Waals surface area (Å²) in [6, 6.07) is 6.55. The van der Waals surface area contributed by atoms with Crippen LogP contribution >= 0.6 is 0 Å². The molecule has 0 amide bonds. The molecule has 0 radical (unpaired) electrons. The van der Waals surface area contributed by atoms with Gasteiger partial charge in [0.25, 0.3) is 0 Å². The first kappa shape index (κ1) is 26.2. The summed E-state index contributed by atoms with van der Waals surface area (Å²) in [6.45, 7) is 0.201. The van der Waals surface area contributed by atoms with Crippen LogP contribution in [0.1, 0.15) is 22.0 Å². The topological polar surface area (TPSA) is 109 Å². The van der Waals surface area contributed by atoms with Crippen LogP contribution in [0.15, 0.2) is 24.3 Å². The Hall–Kier alpha value is -3.41. The number of carbonyl (C=O) groups is 1. The molecule has 2 atom stereocenters. The second-order valence-corrected chi connectivity index (χ2v) is 7.27. The van der Waals surface area contributed by atoms with E-state index >= 15 is 0 Å². The van der Waals surface area contributed by atoms with Crippen molar-refractivity contribution in [1.82, 2.24) is 0 Å². The molecule has 35 heavy (non-hydrogen) atoms. The Bertz CT molecular complexity index is 982. The van der Waals surface area contributed by atoms with Gasteiger partial charge in [-0.15, -0.1) is 0 Å². The third-order valence-corrected chi connectivity index (χ3v) is 5.14. The first-order chi connectivity index (χ1) is 17.0. The maximum atomic E-state index is 12.2. The first-order valence-corrected chi connectivity index (χ1v) is 10.6. The van der Waals surface area contributed by atoms with Crippen LogP contribution in [-0.2, 0) is 18.9 Å². The lowest BCUT2D eigenvalue weighted by Crippen LogP contribution is -2.37. The van der Waals surface area contributed by atoms with Crippen LogP contribution in [0.5, 0.6) is 34.5 Å². The van der Waals surface area contributed by atoms with E-state index in [4.69, 9.17) is 47.4 Å². The highest BCUT2D eigenvalue weighted by molar-refractivity contribution is 5.91. The number of carbonyl (C=O) groups excluding carboxylic acids is 1. The quantitative estimate of drug-likeness (QED) is 0.247. The van der Waals surface area contributed by atoms with E-state index in [9.17, 15) is 4.79 Å². The summed E-state index contributed by atoms with van der Waals surface area (Å²) in [4.78, 5) is 12.2. The van der Waals surface area contributed by atoms with Gasteiger partial charge in [0.1, 0.15) is 6.79 Å². The van der Waals surface area contributed by atoms with Crippen LogP contribution in [-0.4, -0.2) is 74.9 Å². The molecule has 0 aliphatic carbocycles. The average Bonchev–Trinajstić information content (AvgIpc) is 2.89. The number of benzene rings is 2. The number of hydrogen-bond donors (Lipinski definition) is 0. The van der Waals surface area contributed by atoms with Crippen molar-refractivity contribution in [2.75, 3.05) is 62.9 Å². The van der Waals surface area contributed by atoms with E-state index in [0.29, 0.717) is 40.1 Å². The molecule has 2 aromatic carbocycles. The molecule has 0 unspecified atom stereocenters. The van der Waals surface area contributed by atoms with Gasteiger partial charge < -0.3 is 47.4 Å². The number of methoxy groups -OCH3 is 6. The fraction of sp³-hybridized carbons (Fsp3) is 0.458. The lowest BCUT2D eigenvalue weighted by molar-refractivity contribution is -0.0874. The molecule has 11 nitrogen and oxygen atoms in total. The second-order valence-electron chi connectivity index (χ2n) is 7.27. The Balaban J connectivity index is 2.08. The normalized spacial score (nSPS) is 16.4. The molecule has 0 fully saturated rings. The molecular weight excluding hydrogens is 464 g/mol. The Morgan fingerprint density at radius 1 is 0.829 bits per heavy atom. The van der Waals surface area contributed by atoms with Gasteiger partial charge in [0.2, 0.25) is 11.5 Å². The van der Waals surface area contributed by atoms with Gasteiger partial charge in [-0.1, -0.05) is 0 Å². The fourth-order valence-corrected chi connectivity index (χ4v) is 3.57. The zero-order valence-corrected chi connectivity index (χ0v) is 20.6. The summed E-state index contributed by atoms with van der Waals surface area (Å²) in [6.07, 6.45) is -1.30. The van der Waals surface area contributed by atoms with Crippen molar-refractivity contribution in [2.24, 2.45) is 0 Å². The Kier molecular flexibility index (Phi) is 9.24. The van der Waals surface area contributed by atoms with Crippen molar-refractivity contribution in [3.63, 3.8) is 0 Å². The Labute approximate surface area is 203 Å². The van der Waals surface area contributed by atoms with Gasteiger partial charge in [-0.05, 0) is 24.3 Å². The molecule has 11 heteroatoms. The maximum Gasteiger partial charge on any atom is 0.338 e. The lowest BCUT2D eigenvalue weighted by Gasteiger charge is -2.35. The number of esters is 1. The third kappa shape index (κ3) is 5.81. The third-order valence-electron chi connectivity index (χ3n) is 5.14. The Morgan fingerprint density at radius 2 is 1.49 bits per heavy atom. The van der Waals surface area contributed by atoms with E-state index in [1.54, 1.807) is 12.1 Å². The van der Waals surface area contributed by atoms with Crippen molar-refractivity contribution in [1.29, 1.82) is 0 Å². The lowest BCUT2D eigenvalue weighted by atomic mass is 10.0. The molecule has 2 aromatic rings. The zero-order chi connectivity index (χ0) is 25.4. The number of hydrogen-bond acceptors (Lipinski definition) is 11. The van der Waals surface area contributed by atoms with Gasteiger partial charge >= 0.3 is 5.97 Å². The van der Waals surface area contributed by atoms with E-state index in [1.807, 2.05) is 0 Å². The molecule has 0 N–H and O–H groups in total. The Morgan fingerprint density at radius 3 is 2.06 bits per heavy atom. The van der Waals surface area contributed by atoms with Crippen LogP contribution in [0.25, 0.3) is 0 Å². The number of rotatable bonds is 12. The van der Waals surface area contributed by atoms with Crippen molar-refractivity contribution in [3.05, 3.63) is 35.4 Å². The highest BCUT2D eigenvalue weighted by Crippen LogP contribution is 2.48. The van der Waals surface area contributed by atoms with E-state index in [1.165, 1.54) is 54.8 Å². The summed E-state index contributed by atoms with van der Waals surface area (Å²) in [5.74, 6) is 1.60. The minimum atomic E-state index is -0.684. The highest BCUT2D eigenvalue weighted by atomic mass is 16.7. The van der Waals surface area contributed by atoms with Gasteiger partial charge in [-0.2, -0.15) is 0 Å². The van der Waals surface area contributed by atoms with Crippen molar-refractivity contribution in [3.8, 4) is 34.5 Å². The molecule has 0 saturated carbocycles. The van der Waals surface area contributed by atoms with Crippen LogP contribution in [0.3, 0.4) is 0 Å². The van der Waals surface area contributed by atoms with Crippen LogP contribution in [0, 0.1) is 0 Å². The molecule has 192 valence electrons. The van der Waals surface area contributed by atoms with Crippen molar-refractivity contribution < 1.29 is 52.2 Å². The largest absolute Gasteiger partial charge is 0.493 e. The molecule has 3 rings (SSSR count). The molecule has 1 aliphatic rings. The predicted molar refractivity (Wildman–Crippen MR) is 122 cm³/mol. The highest BCUT2D eigenvalue weighted by Gasteiger charge is 2.37. The molecule has 0 aromatic heterocycles. The van der Waals surface area contributed by atoms with E-state index in [2.05, 4.69) is 0 Å². The fourth-order valence-electron chi connectivity index (χ4n) is 3.57. The molecule has 0 saturated heterocycles. The van der Waals surface area contributed by atoms with Gasteiger partial charge in [-0.3, -0.25) is 0 Å². The number of ether oxygens (including phenoxy) is 10. The number of fused-ring (bicyclic) bond motifs is 1. The van der Waals surface area contributed by atoms with Crippen LogP contribution < -0.4 is 28.4 Å². The molecule has 1 aliphatic heterocycles. The standard InChI is InChI=1S/C24H30O11/c1-26-12-32-11-20-21(14-7-16(28-3)22(33-13-27-2)17(8-14)29-4)34-19-10-15(24(25)31-6)9-18(30-5)23(19)35-20/h7-10,20-21H,11-13H2,1-6H3/t20-,21-/m0/s1. The van der Waals surface area contributed by atoms with E-state index in [0.717, 1.165) is 0 Å². The summed E-state index contributed by atoms with van der Waals surface area (Å²) < 4.78 is 55.2. The summed E-state index contributed by atoms with van der Waals surface area (Å²) in [5.41, 5.74) is 0.903. The van der Waals surface area contributed by atoms with Crippen molar-refractivity contribution >= 4 is 5.97 Å². The second kappa shape index (κ2) is 12.3. The minimum absolute atomic E-state index is 0.00602. The molecule has 1 heterocycles. The summed E-state index contributed by atoms with van der Waals surface area (Å²) in [7, 11) is 8.83. The first-order valence-electron chi connectivity index (χ1n) is 10.6. The van der Waals surface area contributed by atoms with Crippen molar-refractivity contribution in [2.45, 2.75) is 12.2 Å². The summed E-state index contributed by atoms with van der Waals surface area (Å²) >= 11 is 0. The SMILES string of the molecule is COCOC[C@@H]1Oc2c(OC)cc(C(=O)OC)cc2O[C@H]1c1cc(OC)c(OCOC)c(OC)c1. The summed E-state index contributed by atoms with van der Waals surface area (Å²) in [5, 5.41) is 0. The zero-order valence-electron chi connectivity index (χ0n) is 20.6. The van der Waals surface area contributed by atoms with Gasteiger partial charge in [0.15, 0.2) is 42.0 Å². The maximum absolute atomic E-state index is 12.2. The molecule has 0 spiro atoms. The minimum Gasteiger partial charge on any atom is -0.493 e. The van der Waals surface area contributed by atoms with Gasteiger partial charge in [-0.25, -0.2) is 4.79 Å². The molecular formula is C24H30O11. The van der Waals surface area contributed by atoms with Crippen LogP contribution in [0.2, 0.25) is 0 Å². The van der Waals surface area contributed by atoms with Crippen LogP contribution in [0.4, 0.5) is 0 Å². The monoisotopic (exact) mass is 494 g/mol. The average molecular weight is 494 g/mol. The molecule has 0 bridgehead atoms. The smallest absolute Gasteiger partial charge is 0.338 e. The predicted octanol–water partition coefficient (Wildman–Crippen LogP) is 2.98. The van der Waals surface area contributed by atoms with Gasteiger partial charge in [0, 0.05) is 19.8 Å².